The number of nitro benzene ring substituents is 1. The molecule has 194 valence electrons. The normalized spacial score (nSPS) is 10.7. The molecule has 0 radical (unpaired) electrons. The van der Waals surface area contributed by atoms with Crippen LogP contribution >= 0.6 is 11.6 Å². The van der Waals surface area contributed by atoms with Crippen LogP contribution in [-0.4, -0.2) is 37.4 Å². The van der Waals surface area contributed by atoms with Crippen LogP contribution < -0.4 is 24.4 Å². The molecule has 0 spiro atoms. The van der Waals surface area contributed by atoms with E-state index in [2.05, 4.69) is 10.5 Å². The van der Waals surface area contributed by atoms with Gasteiger partial charge >= 0.3 is 0 Å². The number of nitro groups is 1. The molecule has 0 saturated carbocycles. The molecule has 1 N–H and O–H groups in total. The van der Waals surface area contributed by atoms with Crippen LogP contribution in [0, 0.1) is 10.1 Å². The highest BCUT2D eigenvalue weighted by molar-refractivity contribution is 6.32. The molecule has 0 aromatic heterocycles. The highest BCUT2D eigenvalue weighted by Crippen LogP contribution is 2.37. The molecule has 0 bridgehead atoms. The van der Waals surface area contributed by atoms with Crippen LogP contribution in [0.3, 0.4) is 0 Å². The Morgan fingerprint density at radius 2 is 1.70 bits per heavy atom. The molecule has 0 atom stereocenters. The summed E-state index contributed by atoms with van der Waals surface area (Å²) in [5, 5.41) is 15.1. The number of carbonyl (C=O) groups is 1. The zero-order chi connectivity index (χ0) is 26.8. The Morgan fingerprint density at radius 3 is 2.35 bits per heavy atom. The lowest BCUT2D eigenvalue weighted by Gasteiger charge is -2.14. The second-order valence-electron chi connectivity index (χ2n) is 7.47. The predicted molar refractivity (Wildman–Crippen MR) is 139 cm³/mol. The van der Waals surface area contributed by atoms with Gasteiger partial charge in [-0.15, -0.1) is 0 Å². The standard InChI is InChI=1S/C26H26ClN3O7/c1-4-35-23-14-19(8-11-22(23)34-3)26(31)29-28-15-18-12-21(27)25(24(13-18)36-5-2)37-16-17-6-9-20(10-7-17)30(32)33/h6-15H,4-5,16H2,1-3H3,(H,29,31)/b28-15+. The van der Waals surface area contributed by atoms with Crippen LogP contribution in [0.25, 0.3) is 0 Å². The van der Waals surface area contributed by atoms with Crippen molar-refractivity contribution in [3.8, 4) is 23.0 Å². The molecule has 37 heavy (non-hydrogen) atoms. The van der Waals surface area contributed by atoms with Gasteiger partial charge < -0.3 is 18.9 Å². The molecule has 3 aromatic rings. The van der Waals surface area contributed by atoms with Gasteiger partial charge in [-0.3, -0.25) is 14.9 Å². The molecule has 3 aromatic carbocycles. The molecule has 3 rings (SSSR count). The van der Waals surface area contributed by atoms with Gasteiger partial charge in [-0.05, 0) is 67.4 Å². The van der Waals surface area contributed by atoms with E-state index in [0.717, 1.165) is 5.56 Å². The monoisotopic (exact) mass is 527 g/mol. The largest absolute Gasteiger partial charge is 0.493 e. The molecule has 0 aliphatic rings. The van der Waals surface area contributed by atoms with Crippen LogP contribution in [0.4, 0.5) is 5.69 Å². The van der Waals surface area contributed by atoms with Crippen LogP contribution in [0.1, 0.15) is 35.3 Å². The number of halogens is 1. The zero-order valence-corrected chi connectivity index (χ0v) is 21.3. The molecule has 11 heteroatoms. The fraction of sp³-hybridized carbons (Fsp3) is 0.231. The molecule has 0 aliphatic heterocycles. The topological polar surface area (TPSA) is 122 Å². The van der Waals surface area contributed by atoms with Gasteiger partial charge in [0.2, 0.25) is 0 Å². The molecule has 0 heterocycles. The van der Waals surface area contributed by atoms with Crippen molar-refractivity contribution in [2.45, 2.75) is 20.5 Å². The summed E-state index contributed by atoms with van der Waals surface area (Å²) in [5.41, 5.74) is 4.11. The number of ether oxygens (including phenoxy) is 4. The molecule has 1 amide bonds. The van der Waals surface area contributed by atoms with Gasteiger partial charge in [-0.2, -0.15) is 5.10 Å². The molecule has 0 fully saturated rings. The summed E-state index contributed by atoms with van der Waals surface area (Å²) >= 11 is 6.45. The molecule has 0 aliphatic carbocycles. The summed E-state index contributed by atoms with van der Waals surface area (Å²) in [7, 11) is 1.52. The molecular weight excluding hydrogens is 502 g/mol. The van der Waals surface area contributed by atoms with E-state index < -0.39 is 10.8 Å². The van der Waals surface area contributed by atoms with Gasteiger partial charge in [-0.1, -0.05) is 11.6 Å². The number of nitrogens with zero attached hydrogens (tertiary/aromatic N) is 2. The minimum atomic E-state index is -0.466. The predicted octanol–water partition coefficient (Wildman–Crippen LogP) is 5.40. The minimum Gasteiger partial charge on any atom is -0.493 e. The Hall–Kier alpha value is -4.31. The van der Waals surface area contributed by atoms with Gasteiger partial charge in [0.1, 0.15) is 6.61 Å². The van der Waals surface area contributed by atoms with Crippen molar-refractivity contribution < 1.29 is 28.7 Å². The summed E-state index contributed by atoms with van der Waals surface area (Å²) < 4.78 is 22.3. The zero-order valence-electron chi connectivity index (χ0n) is 20.5. The quantitative estimate of drug-likeness (QED) is 0.190. The number of hydrogen-bond acceptors (Lipinski definition) is 8. The highest BCUT2D eigenvalue weighted by Gasteiger charge is 2.14. The average molecular weight is 528 g/mol. The number of amides is 1. The Bertz CT molecular complexity index is 1280. The number of carbonyl (C=O) groups excluding carboxylic acids is 1. The lowest BCUT2D eigenvalue weighted by molar-refractivity contribution is -0.384. The fourth-order valence-corrected chi connectivity index (χ4v) is 3.52. The van der Waals surface area contributed by atoms with Crippen LogP contribution in [0.5, 0.6) is 23.0 Å². The average Bonchev–Trinajstić information content (AvgIpc) is 2.88. The summed E-state index contributed by atoms with van der Waals surface area (Å²) in [6.45, 7) is 4.58. The minimum absolute atomic E-state index is 0.00533. The third kappa shape index (κ3) is 7.34. The Labute approximate surface area is 218 Å². The summed E-state index contributed by atoms with van der Waals surface area (Å²) in [4.78, 5) is 22.9. The van der Waals surface area contributed by atoms with Crippen LogP contribution in [-0.2, 0) is 6.61 Å². The number of benzene rings is 3. The second-order valence-corrected chi connectivity index (χ2v) is 7.88. The van der Waals surface area contributed by atoms with E-state index in [9.17, 15) is 14.9 Å². The second kappa shape index (κ2) is 13.1. The summed E-state index contributed by atoms with van der Waals surface area (Å²) in [6.07, 6.45) is 1.43. The molecule has 10 nitrogen and oxygen atoms in total. The van der Waals surface area contributed by atoms with Gasteiger partial charge in [0, 0.05) is 17.7 Å². The van der Waals surface area contributed by atoms with E-state index in [1.54, 1.807) is 42.5 Å². The first kappa shape index (κ1) is 27.3. The SMILES string of the molecule is CCOc1cc(C(=O)N/N=C/c2cc(Cl)c(OCc3ccc([N+](=O)[O-])cc3)c(OCC)c2)ccc1OC. The molecule has 0 unspecified atom stereocenters. The van der Waals surface area contributed by atoms with Gasteiger partial charge in [-0.25, -0.2) is 5.43 Å². The maximum atomic E-state index is 12.5. The van der Waals surface area contributed by atoms with Crippen molar-refractivity contribution in [3.63, 3.8) is 0 Å². The number of non-ortho nitro benzene ring substituents is 1. The lowest BCUT2D eigenvalue weighted by atomic mass is 10.2. The third-order valence-electron chi connectivity index (χ3n) is 4.97. The molecular formula is C26H26ClN3O7. The van der Waals surface area contributed by atoms with Crippen molar-refractivity contribution in [2.75, 3.05) is 20.3 Å². The van der Waals surface area contributed by atoms with E-state index in [1.165, 1.54) is 25.5 Å². The Balaban J connectivity index is 1.71. The number of nitrogens with one attached hydrogen (secondary N) is 1. The van der Waals surface area contributed by atoms with Crippen LogP contribution in [0.15, 0.2) is 59.7 Å². The first-order valence-corrected chi connectivity index (χ1v) is 11.7. The Morgan fingerprint density at radius 1 is 1.00 bits per heavy atom. The summed E-state index contributed by atoms with van der Waals surface area (Å²) in [5.74, 6) is 1.26. The van der Waals surface area contributed by atoms with Crippen LogP contribution in [0.2, 0.25) is 5.02 Å². The van der Waals surface area contributed by atoms with Crippen molar-refractivity contribution in [3.05, 3.63) is 86.4 Å². The summed E-state index contributed by atoms with van der Waals surface area (Å²) in [6, 6.07) is 14.1. The van der Waals surface area contributed by atoms with Gasteiger partial charge in [0.05, 0.1) is 36.5 Å². The van der Waals surface area contributed by atoms with Crippen molar-refractivity contribution in [1.82, 2.24) is 5.43 Å². The number of rotatable bonds is 12. The van der Waals surface area contributed by atoms with E-state index in [-0.39, 0.29) is 17.3 Å². The molecule has 0 saturated heterocycles. The van der Waals surface area contributed by atoms with Gasteiger partial charge in [0.15, 0.2) is 23.0 Å². The number of methoxy groups -OCH3 is 1. The number of hydrazone groups is 1. The van der Waals surface area contributed by atoms with Gasteiger partial charge in [0.25, 0.3) is 11.6 Å². The lowest BCUT2D eigenvalue weighted by Crippen LogP contribution is -2.17. The maximum absolute atomic E-state index is 12.5. The van der Waals surface area contributed by atoms with Crippen molar-refractivity contribution in [1.29, 1.82) is 0 Å². The Kier molecular flexibility index (Phi) is 9.68. The maximum Gasteiger partial charge on any atom is 0.271 e. The van der Waals surface area contributed by atoms with E-state index in [4.69, 9.17) is 30.5 Å². The van der Waals surface area contributed by atoms with Crippen molar-refractivity contribution >= 4 is 29.4 Å². The van der Waals surface area contributed by atoms with E-state index >= 15 is 0 Å². The first-order valence-electron chi connectivity index (χ1n) is 11.3. The first-order chi connectivity index (χ1) is 17.9. The highest BCUT2D eigenvalue weighted by atomic mass is 35.5. The van der Waals surface area contributed by atoms with E-state index in [0.29, 0.717) is 47.3 Å². The van der Waals surface area contributed by atoms with Crippen molar-refractivity contribution in [2.24, 2.45) is 5.10 Å². The third-order valence-corrected chi connectivity index (χ3v) is 5.25. The smallest absolute Gasteiger partial charge is 0.271 e. The van der Waals surface area contributed by atoms with E-state index in [1.807, 2.05) is 13.8 Å². The number of hydrogen-bond donors (Lipinski definition) is 1. The fourth-order valence-electron chi connectivity index (χ4n) is 3.25.